The van der Waals surface area contributed by atoms with Crippen LogP contribution in [-0.4, -0.2) is 35.7 Å². The lowest BCUT2D eigenvalue weighted by atomic mass is 10.1. The van der Waals surface area contributed by atoms with E-state index in [9.17, 15) is 9.59 Å². The van der Waals surface area contributed by atoms with E-state index in [4.69, 9.17) is 21.1 Å². The minimum Gasteiger partial charge on any atom is -0.428 e. The maximum atomic E-state index is 12.3. The second kappa shape index (κ2) is 8.39. The van der Waals surface area contributed by atoms with Gasteiger partial charge in [0.25, 0.3) is 0 Å². The molecule has 1 saturated heterocycles. The van der Waals surface area contributed by atoms with Crippen LogP contribution in [-0.2, 0) is 9.53 Å². The normalized spacial score (nSPS) is 15.3. The highest BCUT2D eigenvalue weighted by atomic mass is 35.5. The van der Waals surface area contributed by atoms with Crippen LogP contribution in [0.3, 0.4) is 0 Å². The molecule has 0 aliphatic carbocycles. The molecule has 0 radical (unpaired) electrons. The smallest absolute Gasteiger partial charge is 0.428 e. The van der Waals surface area contributed by atoms with Crippen LogP contribution in [0, 0.1) is 0 Å². The molecule has 0 spiro atoms. The standard InChI is InChI=1S/C19H24ClNO4/c1-19(2,3)25-18(23)24-16-9-8-15(20)13-14(16)7-10-17(22)21-11-5-4-6-12-21/h7-10,13H,4-6,11-12H2,1-3H3. The van der Waals surface area contributed by atoms with Crippen LogP contribution < -0.4 is 4.74 Å². The molecule has 0 aromatic heterocycles. The second-order valence-electron chi connectivity index (χ2n) is 6.97. The van der Waals surface area contributed by atoms with E-state index in [0.717, 1.165) is 32.4 Å². The molecule has 1 aliphatic rings. The van der Waals surface area contributed by atoms with Gasteiger partial charge < -0.3 is 14.4 Å². The first-order valence-corrected chi connectivity index (χ1v) is 8.80. The number of nitrogens with zero attached hydrogens (tertiary/aromatic N) is 1. The highest BCUT2D eigenvalue weighted by Crippen LogP contribution is 2.25. The molecule has 1 fully saturated rings. The molecule has 2 rings (SSSR count). The van der Waals surface area contributed by atoms with E-state index < -0.39 is 11.8 Å². The monoisotopic (exact) mass is 365 g/mol. The Kier molecular flexibility index (Phi) is 6.48. The number of hydrogen-bond donors (Lipinski definition) is 0. The number of amides is 1. The Morgan fingerprint density at radius 3 is 2.48 bits per heavy atom. The number of ether oxygens (including phenoxy) is 2. The molecule has 1 heterocycles. The molecule has 6 heteroatoms. The zero-order valence-electron chi connectivity index (χ0n) is 14.9. The Labute approximate surface area is 153 Å². The maximum absolute atomic E-state index is 12.3. The van der Waals surface area contributed by atoms with Crippen molar-refractivity contribution in [3.8, 4) is 5.75 Å². The van der Waals surface area contributed by atoms with E-state index in [2.05, 4.69) is 0 Å². The molecule has 0 unspecified atom stereocenters. The predicted molar refractivity (Wildman–Crippen MR) is 97.8 cm³/mol. The van der Waals surface area contributed by atoms with Crippen LogP contribution in [0.15, 0.2) is 24.3 Å². The Balaban J connectivity index is 2.11. The quantitative estimate of drug-likeness (QED) is 0.443. The fourth-order valence-corrected chi connectivity index (χ4v) is 2.66. The van der Waals surface area contributed by atoms with Crippen molar-refractivity contribution in [1.82, 2.24) is 4.90 Å². The summed E-state index contributed by atoms with van der Waals surface area (Å²) in [5, 5.41) is 0.488. The van der Waals surface area contributed by atoms with Crippen molar-refractivity contribution < 1.29 is 19.1 Å². The number of rotatable bonds is 3. The highest BCUT2D eigenvalue weighted by Gasteiger charge is 2.19. The zero-order chi connectivity index (χ0) is 18.4. The summed E-state index contributed by atoms with van der Waals surface area (Å²) < 4.78 is 10.4. The molecule has 1 aromatic carbocycles. The molecular weight excluding hydrogens is 342 g/mol. The molecule has 0 bridgehead atoms. The molecule has 1 amide bonds. The SMILES string of the molecule is CC(C)(C)OC(=O)Oc1ccc(Cl)cc1C=CC(=O)N1CCCCC1. The van der Waals surface area contributed by atoms with Crippen molar-refractivity contribution in [1.29, 1.82) is 0 Å². The van der Waals surface area contributed by atoms with Crippen LogP contribution >= 0.6 is 11.6 Å². The number of carbonyl (C=O) groups is 2. The summed E-state index contributed by atoms with van der Waals surface area (Å²) in [6.45, 7) is 6.83. The first kappa shape index (κ1) is 19.3. The van der Waals surface area contributed by atoms with Crippen LogP contribution in [0.2, 0.25) is 5.02 Å². The van der Waals surface area contributed by atoms with E-state index in [-0.39, 0.29) is 5.91 Å². The summed E-state index contributed by atoms with van der Waals surface area (Å²) in [5.41, 5.74) is -0.104. The lowest BCUT2D eigenvalue weighted by molar-refractivity contribution is -0.126. The van der Waals surface area contributed by atoms with Crippen molar-refractivity contribution in [2.24, 2.45) is 0 Å². The average molecular weight is 366 g/mol. The van der Waals surface area contributed by atoms with Crippen molar-refractivity contribution in [3.05, 3.63) is 34.9 Å². The molecule has 25 heavy (non-hydrogen) atoms. The average Bonchev–Trinajstić information content (AvgIpc) is 2.54. The number of piperidine rings is 1. The topological polar surface area (TPSA) is 55.8 Å². The van der Waals surface area contributed by atoms with Gasteiger partial charge >= 0.3 is 6.16 Å². The largest absolute Gasteiger partial charge is 0.514 e. The molecule has 1 aromatic rings. The third kappa shape index (κ3) is 6.42. The van der Waals surface area contributed by atoms with Gasteiger partial charge in [-0.25, -0.2) is 4.79 Å². The number of carbonyl (C=O) groups excluding carboxylic acids is 2. The summed E-state index contributed by atoms with van der Waals surface area (Å²) in [4.78, 5) is 25.9. The fraction of sp³-hybridized carbons (Fsp3) is 0.474. The molecule has 5 nitrogen and oxygen atoms in total. The number of hydrogen-bond acceptors (Lipinski definition) is 4. The van der Waals surface area contributed by atoms with Crippen molar-refractivity contribution >= 4 is 29.7 Å². The lowest BCUT2D eigenvalue weighted by Crippen LogP contribution is -2.34. The summed E-state index contributed by atoms with van der Waals surface area (Å²) >= 11 is 6.02. The van der Waals surface area contributed by atoms with Crippen LogP contribution in [0.25, 0.3) is 6.08 Å². The van der Waals surface area contributed by atoms with Crippen LogP contribution in [0.4, 0.5) is 4.79 Å². The van der Waals surface area contributed by atoms with Gasteiger partial charge in [0.1, 0.15) is 11.4 Å². The van der Waals surface area contributed by atoms with Gasteiger partial charge in [0.05, 0.1) is 0 Å². The van der Waals surface area contributed by atoms with E-state index in [0.29, 0.717) is 16.3 Å². The predicted octanol–water partition coefficient (Wildman–Crippen LogP) is 4.68. The van der Waals surface area contributed by atoms with Gasteiger partial charge in [-0.1, -0.05) is 11.6 Å². The number of likely N-dealkylation sites (tertiary alicyclic amines) is 1. The third-order valence-electron chi connectivity index (χ3n) is 3.63. The summed E-state index contributed by atoms with van der Waals surface area (Å²) in [6.07, 6.45) is 5.52. The first-order valence-electron chi connectivity index (χ1n) is 8.42. The van der Waals surface area contributed by atoms with E-state index >= 15 is 0 Å². The Bertz CT molecular complexity index is 658. The molecule has 0 N–H and O–H groups in total. The molecule has 0 saturated carbocycles. The summed E-state index contributed by atoms with van der Waals surface area (Å²) in [6, 6.07) is 4.84. The van der Waals surface area contributed by atoms with Crippen molar-refractivity contribution in [3.63, 3.8) is 0 Å². The van der Waals surface area contributed by atoms with Crippen LogP contribution in [0.1, 0.15) is 45.6 Å². The van der Waals surface area contributed by atoms with Crippen molar-refractivity contribution in [2.45, 2.75) is 45.6 Å². The number of benzene rings is 1. The van der Waals surface area contributed by atoms with Gasteiger partial charge in [0, 0.05) is 29.8 Å². The molecule has 136 valence electrons. The zero-order valence-corrected chi connectivity index (χ0v) is 15.6. The van der Waals surface area contributed by atoms with Gasteiger partial charge in [0.15, 0.2) is 0 Å². The van der Waals surface area contributed by atoms with Gasteiger partial charge in [-0.15, -0.1) is 0 Å². The first-order chi connectivity index (χ1) is 11.7. The van der Waals surface area contributed by atoms with Gasteiger partial charge in [-0.05, 0) is 64.3 Å². The van der Waals surface area contributed by atoms with Gasteiger partial charge in [0.2, 0.25) is 5.91 Å². The maximum Gasteiger partial charge on any atom is 0.514 e. The summed E-state index contributed by atoms with van der Waals surface area (Å²) in [7, 11) is 0. The van der Waals surface area contributed by atoms with Crippen molar-refractivity contribution in [2.75, 3.05) is 13.1 Å². The Hall–Kier alpha value is -2.01. The molecular formula is C19H24ClNO4. The third-order valence-corrected chi connectivity index (χ3v) is 3.86. The minimum atomic E-state index is -0.799. The minimum absolute atomic E-state index is 0.0529. The summed E-state index contributed by atoms with van der Waals surface area (Å²) in [5.74, 6) is 0.240. The molecule has 1 aliphatic heterocycles. The van der Waals surface area contributed by atoms with E-state index in [1.54, 1.807) is 45.0 Å². The second-order valence-corrected chi connectivity index (χ2v) is 7.40. The van der Waals surface area contributed by atoms with Gasteiger partial charge in [-0.3, -0.25) is 4.79 Å². The Morgan fingerprint density at radius 1 is 1.16 bits per heavy atom. The Morgan fingerprint density at radius 2 is 1.84 bits per heavy atom. The number of halogens is 1. The lowest BCUT2D eigenvalue weighted by Gasteiger charge is -2.25. The van der Waals surface area contributed by atoms with Crippen LogP contribution in [0.5, 0.6) is 5.75 Å². The highest BCUT2D eigenvalue weighted by molar-refractivity contribution is 6.30. The molecule has 0 atom stereocenters. The van der Waals surface area contributed by atoms with Gasteiger partial charge in [-0.2, -0.15) is 0 Å². The van der Waals surface area contributed by atoms with E-state index in [1.165, 1.54) is 6.08 Å². The fourth-order valence-electron chi connectivity index (χ4n) is 2.48. The van der Waals surface area contributed by atoms with E-state index in [1.807, 2.05) is 4.90 Å².